The third-order valence-corrected chi connectivity index (χ3v) is 4.48. The fraction of sp³-hybridized carbons (Fsp3) is 0.0833. The monoisotopic (exact) mass is 304 g/mol. The van der Waals surface area contributed by atoms with Gasteiger partial charge in [0.25, 0.3) is 5.78 Å². The Kier molecular flexibility index (Phi) is 3.48. The quantitative estimate of drug-likeness (QED) is 0.575. The van der Waals surface area contributed by atoms with Crippen molar-refractivity contribution >= 4 is 34.2 Å². The molecule has 6 nitrogen and oxygen atoms in total. The lowest BCUT2D eigenvalue weighted by Crippen LogP contribution is -2.18. The van der Waals surface area contributed by atoms with Crippen molar-refractivity contribution in [2.75, 3.05) is 0 Å². The Morgan fingerprint density at radius 1 is 1.20 bits per heavy atom. The van der Waals surface area contributed by atoms with E-state index in [1.807, 2.05) is 29.0 Å². The Balaban J connectivity index is 1.81. The van der Waals surface area contributed by atoms with Crippen LogP contribution in [0.25, 0.3) is 10.4 Å². The van der Waals surface area contributed by atoms with E-state index >= 15 is 0 Å². The zero-order valence-electron chi connectivity index (χ0n) is 10.1. The summed E-state index contributed by atoms with van der Waals surface area (Å²) in [6.45, 7) is 0. The lowest BCUT2D eigenvalue weighted by atomic mass is 10.1. The van der Waals surface area contributed by atoms with Crippen molar-refractivity contribution in [1.29, 1.82) is 0 Å². The van der Waals surface area contributed by atoms with Crippen molar-refractivity contribution < 1.29 is 9.59 Å². The molecule has 20 heavy (non-hydrogen) atoms. The molecule has 0 aliphatic heterocycles. The van der Waals surface area contributed by atoms with Gasteiger partial charge in [0.1, 0.15) is 0 Å². The van der Waals surface area contributed by atoms with Gasteiger partial charge in [-0.1, -0.05) is 6.07 Å². The van der Waals surface area contributed by atoms with Gasteiger partial charge in [-0.05, 0) is 28.1 Å². The first-order chi connectivity index (χ1) is 9.75. The summed E-state index contributed by atoms with van der Waals surface area (Å²) < 4.78 is 0. The van der Waals surface area contributed by atoms with Crippen LogP contribution >= 0.6 is 22.7 Å². The number of Topliss-reactive ketones (excluding diaryl/α,β-unsaturated/α-hetero) is 2. The molecule has 0 amide bonds. The van der Waals surface area contributed by atoms with Crippen molar-refractivity contribution in [3.63, 3.8) is 0 Å². The molecule has 0 radical (unpaired) electrons. The third-order valence-electron chi connectivity index (χ3n) is 2.65. The van der Waals surface area contributed by atoms with Crippen LogP contribution in [-0.2, 0) is 11.2 Å². The average molecular weight is 304 g/mol. The summed E-state index contributed by atoms with van der Waals surface area (Å²) in [7, 11) is 0. The number of carbonyl (C=O) groups excluding carboxylic acids is 2. The number of carbonyl (C=O) groups is 2. The van der Waals surface area contributed by atoms with Gasteiger partial charge in [-0.3, -0.25) is 9.59 Å². The molecule has 100 valence electrons. The van der Waals surface area contributed by atoms with Crippen LogP contribution in [0.2, 0.25) is 0 Å². The van der Waals surface area contributed by atoms with Crippen molar-refractivity contribution in [1.82, 2.24) is 20.6 Å². The number of nitrogens with one attached hydrogen (secondary N) is 1. The van der Waals surface area contributed by atoms with Crippen molar-refractivity contribution in [3.05, 3.63) is 39.7 Å². The highest BCUT2D eigenvalue weighted by Crippen LogP contribution is 2.32. The van der Waals surface area contributed by atoms with Gasteiger partial charge in [0.05, 0.1) is 0 Å². The van der Waals surface area contributed by atoms with E-state index in [1.165, 1.54) is 11.3 Å². The van der Waals surface area contributed by atoms with Crippen LogP contribution in [0, 0.1) is 0 Å². The van der Waals surface area contributed by atoms with Crippen molar-refractivity contribution in [3.8, 4) is 10.4 Å². The molecule has 3 aromatic rings. The van der Waals surface area contributed by atoms with Gasteiger partial charge in [-0.2, -0.15) is 5.21 Å². The van der Waals surface area contributed by atoms with Crippen molar-refractivity contribution in [2.45, 2.75) is 6.42 Å². The second-order valence-corrected chi connectivity index (χ2v) is 5.85. The van der Waals surface area contributed by atoms with Crippen LogP contribution in [0.3, 0.4) is 0 Å². The van der Waals surface area contributed by atoms with Gasteiger partial charge >= 0.3 is 0 Å². The molecule has 0 aromatic carbocycles. The number of H-pyrrole nitrogens is 1. The molecule has 0 unspecified atom stereocenters. The molecule has 0 fully saturated rings. The molecule has 1 N–H and O–H groups in total. The Bertz CT molecular complexity index is 731. The highest BCUT2D eigenvalue weighted by molar-refractivity contribution is 7.14. The maximum Gasteiger partial charge on any atom is 0.269 e. The molecule has 0 bridgehead atoms. The number of thiophene rings is 2. The van der Waals surface area contributed by atoms with Gasteiger partial charge in [0.15, 0.2) is 0 Å². The largest absolute Gasteiger partial charge is 0.290 e. The summed E-state index contributed by atoms with van der Waals surface area (Å²) in [5.74, 6) is -1.44. The molecule has 0 saturated carbocycles. The maximum absolute atomic E-state index is 12.0. The average Bonchev–Trinajstić information content (AvgIpc) is 3.19. The summed E-state index contributed by atoms with van der Waals surface area (Å²) in [6.07, 6.45) is 0.0538. The third kappa shape index (κ3) is 2.43. The Morgan fingerprint density at radius 3 is 2.80 bits per heavy atom. The second-order valence-electron chi connectivity index (χ2n) is 3.90. The molecular formula is C12H8N4O2S2. The van der Waals surface area contributed by atoms with Crippen LogP contribution in [-0.4, -0.2) is 32.2 Å². The Morgan fingerprint density at radius 2 is 2.10 bits per heavy atom. The number of hydrogen-bond donors (Lipinski definition) is 1. The number of nitrogens with zero attached hydrogens (tertiary/aromatic N) is 3. The van der Waals surface area contributed by atoms with Crippen LogP contribution < -0.4 is 0 Å². The van der Waals surface area contributed by atoms with Gasteiger partial charge in [-0.15, -0.1) is 32.9 Å². The SMILES string of the molecule is O=C(Cc1sccc1-c1cccs1)C(=O)c1nn[nH]n1. The zero-order valence-corrected chi connectivity index (χ0v) is 11.7. The fourth-order valence-electron chi connectivity index (χ4n) is 1.74. The zero-order chi connectivity index (χ0) is 13.9. The first kappa shape index (κ1) is 12.8. The molecule has 8 heteroatoms. The standard InChI is InChI=1S/C12H8N4O2S2/c17-8(11(18)12-13-15-16-14-12)6-10-7(3-5-20-10)9-2-1-4-19-9/h1-5H,6H2,(H,13,14,15,16). The Hall–Kier alpha value is -2.19. The fourth-order valence-corrected chi connectivity index (χ4v) is 3.47. The van der Waals surface area contributed by atoms with E-state index in [4.69, 9.17) is 0 Å². The van der Waals surface area contributed by atoms with Gasteiger partial charge in [0.2, 0.25) is 11.6 Å². The predicted octanol–water partition coefficient (Wildman–Crippen LogP) is 1.98. The van der Waals surface area contributed by atoms with E-state index < -0.39 is 11.6 Å². The van der Waals surface area contributed by atoms with E-state index in [0.29, 0.717) is 0 Å². The van der Waals surface area contributed by atoms with Crippen LogP contribution in [0.1, 0.15) is 15.5 Å². The molecular weight excluding hydrogens is 296 g/mol. The van der Waals surface area contributed by atoms with Gasteiger partial charge in [-0.25, -0.2) is 0 Å². The minimum absolute atomic E-state index is 0.0538. The molecule has 0 saturated heterocycles. The smallest absolute Gasteiger partial charge is 0.269 e. The normalized spacial score (nSPS) is 10.6. The van der Waals surface area contributed by atoms with E-state index in [0.717, 1.165) is 15.3 Å². The summed E-state index contributed by atoms with van der Waals surface area (Å²) in [5.41, 5.74) is 0.999. The number of ketones is 2. The molecule has 0 aliphatic rings. The van der Waals surface area contributed by atoms with Crippen LogP contribution in [0.5, 0.6) is 0 Å². The van der Waals surface area contributed by atoms with E-state index in [-0.39, 0.29) is 12.2 Å². The maximum atomic E-state index is 12.0. The molecule has 3 rings (SSSR count). The van der Waals surface area contributed by atoms with E-state index in [1.54, 1.807) is 11.3 Å². The summed E-state index contributed by atoms with van der Waals surface area (Å²) >= 11 is 3.06. The lowest BCUT2D eigenvalue weighted by molar-refractivity contribution is -0.114. The highest BCUT2D eigenvalue weighted by Gasteiger charge is 2.22. The number of aromatic nitrogens is 4. The van der Waals surface area contributed by atoms with E-state index in [9.17, 15) is 9.59 Å². The number of rotatable bonds is 5. The van der Waals surface area contributed by atoms with Crippen LogP contribution in [0.15, 0.2) is 29.0 Å². The number of hydrogen-bond acceptors (Lipinski definition) is 7. The molecule has 0 spiro atoms. The lowest BCUT2D eigenvalue weighted by Gasteiger charge is -1.99. The minimum atomic E-state index is -0.718. The van der Waals surface area contributed by atoms with E-state index in [2.05, 4.69) is 20.6 Å². The first-order valence-electron chi connectivity index (χ1n) is 5.67. The first-order valence-corrected chi connectivity index (χ1v) is 7.43. The molecule has 3 heterocycles. The minimum Gasteiger partial charge on any atom is -0.290 e. The van der Waals surface area contributed by atoms with Gasteiger partial charge in [0, 0.05) is 21.7 Å². The predicted molar refractivity (Wildman–Crippen MR) is 74.9 cm³/mol. The van der Waals surface area contributed by atoms with Crippen LogP contribution in [0.4, 0.5) is 0 Å². The summed E-state index contributed by atoms with van der Waals surface area (Å²) in [6, 6.07) is 5.90. The Labute approximate surface area is 121 Å². The summed E-state index contributed by atoms with van der Waals surface area (Å²) in [4.78, 5) is 25.7. The van der Waals surface area contributed by atoms with Crippen molar-refractivity contribution in [2.24, 2.45) is 0 Å². The number of aromatic amines is 1. The molecule has 0 atom stereocenters. The second kappa shape index (κ2) is 5.43. The van der Waals surface area contributed by atoms with Gasteiger partial charge < -0.3 is 0 Å². The number of tetrazole rings is 1. The molecule has 3 aromatic heterocycles. The highest BCUT2D eigenvalue weighted by atomic mass is 32.1. The topological polar surface area (TPSA) is 88.6 Å². The molecule has 0 aliphatic carbocycles. The summed E-state index contributed by atoms with van der Waals surface area (Å²) in [5, 5.41) is 16.4.